The molecule has 1 aliphatic rings. The summed E-state index contributed by atoms with van der Waals surface area (Å²) >= 11 is 5.94. The van der Waals surface area contributed by atoms with Crippen LogP contribution in [0.25, 0.3) is 0 Å². The number of carbonyl (C=O) groups is 1. The number of ether oxygens (including phenoxy) is 1. The van der Waals surface area contributed by atoms with Crippen LogP contribution in [0.4, 0.5) is 0 Å². The fourth-order valence-electron chi connectivity index (χ4n) is 3.67. The van der Waals surface area contributed by atoms with Crippen molar-refractivity contribution < 1.29 is 14.4 Å². The highest BCUT2D eigenvalue weighted by molar-refractivity contribution is 6.30. The maximum Gasteiger partial charge on any atom is 0.258 e. The lowest BCUT2D eigenvalue weighted by molar-refractivity contribution is -0.918. The highest BCUT2D eigenvalue weighted by Gasteiger charge is 2.23. The largest absolute Gasteiger partial charge is 0.484 e. The van der Waals surface area contributed by atoms with Gasteiger partial charge in [0.05, 0.1) is 13.1 Å². The number of amides is 1. The van der Waals surface area contributed by atoms with Gasteiger partial charge in [0.15, 0.2) is 6.61 Å². The summed E-state index contributed by atoms with van der Waals surface area (Å²) in [4.78, 5) is 13.8. The summed E-state index contributed by atoms with van der Waals surface area (Å²) < 4.78 is 5.65. The number of piperidine rings is 1. The average Bonchev–Trinajstić information content (AvgIpc) is 2.63. The van der Waals surface area contributed by atoms with Gasteiger partial charge < -0.3 is 15.0 Å². The summed E-state index contributed by atoms with van der Waals surface area (Å²) in [5.74, 6) is 0.713. The van der Waals surface area contributed by atoms with Gasteiger partial charge in [-0.2, -0.15) is 0 Å². The number of hydrogen-bond acceptors (Lipinski definition) is 2. The minimum atomic E-state index is -0.0414. The number of quaternary nitrogens is 1. The van der Waals surface area contributed by atoms with Crippen LogP contribution in [0, 0.1) is 13.8 Å². The number of aryl methyl sites for hydroxylation is 2. The van der Waals surface area contributed by atoms with Crippen LogP contribution < -0.4 is 15.0 Å². The lowest BCUT2D eigenvalue weighted by atomic mass is 10.0. The molecule has 0 bridgehead atoms. The van der Waals surface area contributed by atoms with E-state index in [-0.39, 0.29) is 18.6 Å². The van der Waals surface area contributed by atoms with Gasteiger partial charge in [-0.1, -0.05) is 29.8 Å². The third kappa shape index (κ3) is 6.26. The molecular weight excluding hydrogens is 360 g/mol. The number of likely N-dealkylation sites (tertiary alicyclic amines) is 1. The molecule has 3 rings (SSSR count). The third-order valence-corrected chi connectivity index (χ3v) is 5.24. The molecule has 1 aliphatic heterocycles. The Balaban J connectivity index is 1.39. The van der Waals surface area contributed by atoms with Crippen molar-refractivity contribution in [3.05, 3.63) is 64.2 Å². The zero-order chi connectivity index (χ0) is 19.2. The predicted molar refractivity (Wildman–Crippen MR) is 108 cm³/mol. The second-order valence-electron chi connectivity index (χ2n) is 7.51. The number of hydrogen-bond donors (Lipinski definition) is 2. The number of nitrogens with one attached hydrogen (secondary N) is 2. The Morgan fingerprint density at radius 2 is 1.74 bits per heavy atom. The predicted octanol–water partition coefficient (Wildman–Crippen LogP) is 2.70. The Labute approximate surface area is 166 Å². The van der Waals surface area contributed by atoms with Crippen LogP contribution in [-0.4, -0.2) is 31.6 Å². The first-order chi connectivity index (χ1) is 13.0. The summed E-state index contributed by atoms with van der Waals surface area (Å²) in [5.41, 5.74) is 3.58. The molecular formula is C22H28ClN2O2+. The molecule has 5 heteroatoms. The maximum atomic E-state index is 12.2. The molecule has 0 aromatic heterocycles. The topological polar surface area (TPSA) is 42.8 Å². The van der Waals surface area contributed by atoms with Crippen molar-refractivity contribution in [2.24, 2.45) is 0 Å². The van der Waals surface area contributed by atoms with Crippen LogP contribution >= 0.6 is 11.6 Å². The van der Waals surface area contributed by atoms with Crippen LogP contribution in [-0.2, 0) is 11.3 Å². The molecule has 0 spiro atoms. The summed E-state index contributed by atoms with van der Waals surface area (Å²) in [6.45, 7) is 7.26. The molecule has 0 saturated carbocycles. The van der Waals surface area contributed by atoms with Crippen molar-refractivity contribution in [3.8, 4) is 5.75 Å². The molecule has 0 aliphatic carbocycles. The Kier molecular flexibility index (Phi) is 6.75. The number of benzene rings is 2. The summed E-state index contributed by atoms with van der Waals surface area (Å²) in [6, 6.07) is 14.3. The molecule has 1 heterocycles. The first-order valence-electron chi connectivity index (χ1n) is 9.56. The van der Waals surface area contributed by atoms with E-state index >= 15 is 0 Å². The van der Waals surface area contributed by atoms with Crippen LogP contribution in [0.1, 0.15) is 29.5 Å². The maximum absolute atomic E-state index is 12.2. The van der Waals surface area contributed by atoms with Crippen molar-refractivity contribution in [3.63, 3.8) is 0 Å². The Morgan fingerprint density at radius 1 is 1.11 bits per heavy atom. The Morgan fingerprint density at radius 3 is 2.37 bits per heavy atom. The molecule has 2 N–H and O–H groups in total. The summed E-state index contributed by atoms with van der Waals surface area (Å²) in [6.07, 6.45) is 2.00. The van der Waals surface area contributed by atoms with E-state index in [1.807, 2.05) is 38.1 Å². The number of halogens is 1. The van der Waals surface area contributed by atoms with Crippen molar-refractivity contribution in [2.45, 2.75) is 39.3 Å². The van der Waals surface area contributed by atoms with Gasteiger partial charge in [-0.15, -0.1) is 0 Å². The molecule has 0 unspecified atom stereocenters. The number of rotatable bonds is 6. The summed E-state index contributed by atoms with van der Waals surface area (Å²) in [7, 11) is 0. The lowest BCUT2D eigenvalue weighted by Gasteiger charge is -2.29. The van der Waals surface area contributed by atoms with E-state index in [0.717, 1.165) is 54.4 Å². The molecule has 1 amide bonds. The van der Waals surface area contributed by atoms with Crippen molar-refractivity contribution in [2.75, 3.05) is 19.7 Å². The van der Waals surface area contributed by atoms with E-state index in [1.165, 1.54) is 5.56 Å². The van der Waals surface area contributed by atoms with E-state index in [9.17, 15) is 4.79 Å². The van der Waals surface area contributed by atoms with Gasteiger partial charge in [-0.05, 0) is 49.2 Å². The number of carbonyl (C=O) groups excluding carboxylic acids is 1. The van der Waals surface area contributed by atoms with E-state index in [2.05, 4.69) is 23.5 Å². The normalized spacial score (nSPS) is 19.5. The van der Waals surface area contributed by atoms with Gasteiger partial charge in [-0.25, -0.2) is 0 Å². The van der Waals surface area contributed by atoms with Crippen molar-refractivity contribution in [1.29, 1.82) is 0 Å². The first kappa shape index (κ1) is 19.7. The molecule has 4 nitrogen and oxygen atoms in total. The van der Waals surface area contributed by atoms with Crippen LogP contribution in [0.3, 0.4) is 0 Å². The molecule has 2 aromatic rings. The second kappa shape index (κ2) is 9.25. The van der Waals surface area contributed by atoms with Crippen LogP contribution in [0.5, 0.6) is 5.75 Å². The van der Waals surface area contributed by atoms with E-state index in [1.54, 1.807) is 4.90 Å². The fraction of sp³-hybridized carbons (Fsp3) is 0.409. The molecule has 2 aromatic carbocycles. The molecule has 27 heavy (non-hydrogen) atoms. The minimum Gasteiger partial charge on any atom is -0.484 e. The zero-order valence-corrected chi connectivity index (χ0v) is 16.8. The van der Waals surface area contributed by atoms with Crippen LogP contribution in [0.2, 0.25) is 5.02 Å². The Bertz CT molecular complexity index is 748. The van der Waals surface area contributed by atoms with Gasteiger partial charge in [0, 0.05) is 29.5 Å². The van der Waals surface area contributed by atoms with Crippen LogP contribution in [0.15, 0.2) is 42.5 Å². The smallest absolute Gasteiger partial charge is 0.258 e. The van der Waals surface area contributed by atoms with Gasteiger partial charge in [0.1, 0.15) is 12.3 Å². The summed E-state index contributed by atoms with van der Waals surface area (Å²) in [5, 5.41) is 3.89. The quantitative estimate of drug-likeness (QED) is 0.800. The SMILES string of the molecule is Cc1cc(C)cc(OCC(=O)NC2CC[NH+](Cc3ccc(Cl)cc3)CC2)c1. The minimum absolute atomic E-state index is 0.0414. The first-order valence-corrected chi connectivity index (χ1v) is 9.94. The zero-order valence-electron chi connectivity index (χ0n) is 16.1. The molecule has 0 atom stereocenters. The molecule has 1 fully saturated rings. The van der Waals surface area contributed by atoms with Gasteiger partial charge >= 0.3 is 0 Å². The highest BCUT2D eigenvalue weighted by atomic mass is 35.5. The van der Waals surface area contributed by atoms with E-state index in [4.69, 9.17) is 16.3 Å². The van der Waals surface area contributed by atoms with E-state index < -0.39 is 0 Å². The van der Waals surface area contributed by atoms with Gasteiger partial charge in [0.2, 0.25) is 0 Å². The van der Waals surface area contributed by atoms with Crippen molar-refractivity contribution in [1.82, 2.24) is 5.32 Å². The standard InChI is InChI=1S/C22H27ClN2O2/c1-16-11-17(2)13-21(12-16)27-15-22(26)24-20-7-9-25(10-8-20)14-18-3-5-19(23)6-4-18/h3-6,11-13,20H,7-10,14-15H2,1-2H3,(H,24,26)/p+1. The second-order valence-corrected chi connectivity index (χ2v) is 7.94. The van der Waals surface area contributed by atoms with E-state index in [0.29, 0.717) is 0 Å². The molecule has 0 radical (unpaired) electrons. The fourth-order valence-corrected chi connectivity index (χ4v) is 3.80. The van der Waals surface area contributed by atoms with Crippen molar-refractivity contribution >= 4 is 17.5 Å². The monoisotopic (exact) mass is 387 g/mol. The van der Waals surface area contributed by atoms with Gasteiger partial charge in [0.25, 0.3) is 5.91 Å². The Hall–Kier alpha value is -2.04. The lowest BCUT2D eigenvalue weighted by Crippen LogP contribution is -3.12. The molecule has 144 valence electrons. The van der Waals surface area contributed by atoms with Gasteiger partial charge in [-0.3, -0.25) is 4.79 Å². The third-order valence-electron chi connectivity index (χ3n) is 4.99. The average molecular weight is 388 g/mol. The highest BCUT2D eigenvalue weighted by Crippen LogP contribution is 2.16. The molecule has 1 saturated heterocycles.